The van der Waals surface area contributed by atoms with E-state index in [1.165, 1.54) is 24.1 Å². The third-order valence-electron chi connectivity index (χ3n) is 4.65. The van der Waals surface area contributed by atoms with Crippen molar-refractivity contribution in [1.29, 1.82) is 0 Å². The van der Waals surface area contributed by atoms with Crippen LogP contribution in [0.2, 0.25) is 5.02 Å². The normalized spacial score (nSPS) is 15.1. The van der Waals surface area contributed by atoms with Gasteiger partial charge in [-0.1, -0.05) is 47.7 Å². The average molecular weight is 536 g/mol. The van der Waals surface area contributed by atoms with Crippen molar-refractivity contribution in [2.45, 2.75) is 4.90 Å². The Morgan fingerprint density at radius 1 is 1.06 bits per heavy atom. The standard InChI is InChI=1S/C23H15ClFNO5S3/c1-30-20-11-14(5-10-19(20)31-34(28,29)18-8-6-16(25)7-9-18)12-21-22(27)26(23(32)33-21)17-4-2-3-15(24)13-17/h2-13H,1H3/b21-12+. The highest BCUT2D eigenvalue weighted by atomic mass is 35.5. The quantitative estimate of drug-likeness (QED) is 0.229. The lowest BCUT2D eigenvalue weighted by molar-refractivity contribution is -0.113. The molecular weight excluding hydrogens is 521 g/mol. The summed E-state index contributed by atoms with van der Waals surface area (Å²) in [6, 6.07) is 15.6. The number of methoxy groups -OCH3 is 1. The van der Waals surface area contributed by atoms with Gasteiger partial charge in [-0.05, 0) is 66.2 Å². The molecule has 1 aliphatic heterocycles. The van der Waals surface area contributed by atoms with Crippen LogP contribution >= 0.6 is 35.6 Å². The summed E-state index contributed by atoms with van der Waals surface area (Å²) in [5.74, 6) is -0.808. The van der Waals surface area contributed by atoms with Gasteiger partial charge < -0.3 is 8.92 Å². The molecule has 0 aliphatic carbocycles. The van der Waals surface area contributed by atoms with Crippen molar-refractivity contribution in [2.24, 2.45) is 0 Å². The minimum Gasteiger partial charge on any atom is -0.493 e. The summed E-state index contributed by atoms with van der Waals surface area (Å²) in [6.07, 6.45) is 1.62. The third kappa shape index (κ3) is 5.10. The van der Waals surface area contributed by atoms with Crippen LogP contribution < -0.4 is 13.8 Å². The molecule has 1 aliphatic rings. The van der Waals surface area contributed by atoms with Gasteiger partial charge in [-0.3, -0.25) is 9.69 Å². The van der Waals surface area contributed by atoms with E-state index in [-0.39, 0.29) is 22.3 Å². The first-order valence-corrected chi connectivity index (χ1v) is 12.6. The smallest absolute Gasteiger partial charge is 0.339 e. The number of halogens is 2. The van der Waals surface area contributed by atoms with Gasteiger partial charge in [0.15, 0.2) is 15.8 Å². The molecule has 0 bridgehead atoms. The Morgan fingerprint density at radius 2 is 1.79 bits per heavy atom. The number of thioether (sulfide) groups is 1. The number of benzene rings is 3. The number of anilines is 1. The van der Waals surface area contributed by atoms with Crippen molar-refractivity contribution < 1.29 is 26.5 Å². The molecule has 3 aromatic carbocycles. The Labute approximate surface area is 210 Å². The third-order valence-corrected chi connectivity index (χ3v) is 7.43. The molecule has 1 fully saturated rings. The van der Waals surface area contributed by atoms with E-state index in [1.807, 2.05) is 0 Å². The number of carbonyl (C=O) groups is 1. The van der Waals surface area contributed by atoms with Gasteiger partial charge in [0.2, 0.25) is 0 Å². The summed E-state index contributed by atoms with van der Waals surface area (Å²) in [5.41, 5.74) is 1.13. The molecule has 0 saturated carbocycles. The molecular formula is C23H15ClFNO5S3. The minimum atomic E-state index is -4.21. The Balaban J connectivity index is 1.60. The van der Waals surface area contributed by atoms with Gasteiger partial charge in [-0.2, -0.15) is 8.42 Å². The number of amides is 1. The van der Waals surface area contributed by atoms with E-state index in [4.69, 9.17) is 32.7 Å². The van der Waals surface area contributed by atoms with Crippen LogP contribution in [-0.2, 0) is 14.9 Å². The van der Waals surface area contributed by atoms with E-state index in [9.17, 15) is 17.6 Å². The SMILES string of the molecule is COc1cc(/C=C2/SC(=S)N(c3cccc(Cl)c3)C2=O)ccc1OS(=O)(=O)c1ccc(F)cc1. The number of thiocarbonyl (C=S) groups is 1. The van der Waals surface area contributed by atoms with E-state index in [0.717, 1.165) is 36.0 Å². The summed E-state index contributed by atoms with van der Waals surface area (Å²) in [4.78, 5) is 14.5. The molecule has 11 heteroatoms. The zero-order valence-electron chi connectivity index (χ0n) is 17.4. The average Bonchev–Trinajstić information content (AvgIpc) is 3.07. The fraction of sp³-hybridized carbons (Fsp3) is 0.0435. The summed E-state index contributed by atoms with van der Waals surface area (Å²) in [6.45, 7) is 0. The van der Waals surface area contributed by atoms with Crippen LogP contribution in [0, 0.1) is 5.82 Å². The number of hydrogen-bond donors (Lipinski definition) is 0. The lowest BCUT2D eigenvalue weighted by Crippen LogP contribution is -2.27. The van der Waals surface area contributed by atoms with Gasteiger partial charge in [0.05, 0.1) is 17.7 Å². The molecule has 4 rings (SSSR count). The van der Waals surface area contributed by atoms with Gasteiger partial charge in [-0.15, -0.1) is 0 Å². The molecule has 0 radical (unpaired) electrons. The van der Waals surface area contributed by atoms with Crippen molar-refractivity contribution in [3.8, 4) is 11.5 Å². The maximum absolute atomic E-state index is 13.1. The molecule has 0 atom stereocenters. The lowest BCUT2D eigenvalue weighted by Gasteiger charge is -2.14. The zero-order chi connectivity index (χ0) is 24.5. The summed E-state index contributed by atoms with van der Waals surface area (Å²) < 4.78 is 49.0. The van der Waals surface area contributed by atoms with E-state index in [1.54, 1.807) is 36.4 Å². The van der Waals surface area contributed by atoms with Crippen LogP contribution in [0.25, 0.3) is 6.08 Å². The second kappa shape index (κ2) is 9.75. The summed E-state index contributed by atoms with van der Waals surface area (Å²) in [7, 11) is -2.85. The first-order chi connectivity index (χ1) is 16.2. The van der Waals surface area contributed by atoms with Gasteiger partial charge in [0.1, 0.15) is 10.7 Å². The highest BCUT2D eigenvalue weighted by Crippen LogP contribution is 2.38. The van der Waals surface area contributed by atoms with Crippen LogP contribution in [0.3, 0.4) is 0 Å². The van der Waals surface area contributed by atoms with E-state index < -0.39 is 15.9 Å². The molecule has 0 aromatic heterocycles. The number of rotatable bonds is 6. The topological polar surface area (TPSA) is 72.9 Å². The maximum atomic E-state index is 13.1. The van der Waals surface area contributed by atoms with Crippen LogP contribution in [0.5, 0.6) is 11.5 Å². The molecule has 6 nitrogen and oxygen atoms in total. The fourth-order valence-electron chi connectivity index (χ4n) is 3.07. The zero-order valence-corrected chi connectivity index (χ0v) is 20.6. The van der Waals surface area contributed by atoms with Gasteiger partial charge in [0.25, 0.3) is 5.91 Å². The Bertz CT molecular complexity index is 1420. The molecule has 1 saturated heterocycles. The van der Waals surface area contributed by atoms with Crippen LogP contribution in [0.4, 0.5) is 10.1 Å². The molecule has 1 amide bonds. The van der Waals surface area contributed by atoms with Crippen molar-refractivity contribution in [3.63, 3.8) is 0 Å². The number of carbonyl (C=O) groups excluding carboxylic acids is 1. The first-order valence-electron chi connectivity index (χ1n) is 9.59. The van der Waals surface area contributed by atoms with E-state index >= 15 is 0 Å². The Kier molecular flexibility index (Phi) is 6.94. The minimum absolute atomic E-state index is 0.0598. The van der Waals surface area contributed by atoms with Crippen LogP contribution in [-0.4, -0.2) is 25.8 Å². The molecule has 174 valence electrons. The molecule has 1 heterocycles. The second-order valence-corrected chi connectivity index (χ2v) is 10.6. The largest absolute Gasteiger partial charge is 0.493 e. The van der Waals surface area contributed by atoms with Gasteiger partial charge in [0, 0.05) is 5.02 Å². The van der Waals surface area contributed by atoms with Crippen molar-refractivity contribution >= 4 is 67.7 Å². The molecule has 3 aromatic rings. The maximum Gasteiger partial charge on any atom is 0.339 e. The molecule has 0 unspecified atom stereocenters. The van der Waals surface area contributed by atoms with Crippen molar-refractivity contribution in [1.82, 2.24) is 0 Å². The monoisotopic (exact) mass is 535 g/mol. The highest BCUT2D eigenvalue weighted by Gasteiger charge is 2.33. The fourth-order valence-corrected chi connectivity index (χ4v) is 5.49. The van der Waals surface area contributed by atoms with E-state index in [0.29, 0.717) is 25.5 Å². The van der Waals surface area contributed by atoms with Crippen molar-refractivity contribution in [2.75, 3.05) is 12.0 Å². The predicted molar refractivity (Wildman–Crippen MR) is 134 cm³/mol. The number of hydrogen-bond acceptors (Lipinski definition) is 7. The molecule has 0 spiro atoms. The second-order valence-electron chi connectivity index (χ2n) is 6.90. The van der Waals surface area contributed by atoms with Gasteiger partial charge in [-0.25, -0.2) is 4.39 Å². The summed E-state index contributed by atoms with van der Waals surface area (Å²) in [5, 5.41) is 0.478. The highest BCUT2D eigenvalue weighted by molar-refractivity contribution is 8.27. The first kappa shape index (κ1) is 24.2. The number of ether oxygens (including phenoxy) is 1. The van der Waals surface area contributed by atoms with E-state index in [2.05, 4.69) is 0 Å². The molecule has 34 heavy (non-hydrogen) atoms. The summed E-state index contributed by atoms with van der Waals surface area (Å²) >= 11 is 12.5. The predicted octanol–water partition coefficient (Wildman–Crippen LogP) is 5.66. The van der Waals surface area contributed by atoms with Crippen LogP contribution in [0.1, 0.15) is 5.56 Å². The van der Waals surface area contributed by atoms with Crippen molar-refractivity contribution in [3.05, 3.63) is 88.0 Å². The number of nitrogens with zero attached hydrogens (tertiary/aromatic N) is 1. The molecule has 0 N–H and O–H groups in total. The van der Waals surface area contributed by atoms with Crippen LogP contribution in [0.15, 0.2) is 76.5 Å². The Hall–Kier alpha value is -2.92. The van der Waals surface area contributed by atoms with Gasteiger partial charge >= 0.3 is 10.1 Å². The lowest BCUT2D eigenvalue weighted by atomic mass is 10.2. The Morgan fingerprint density at radius 3 is 2.47 bits per heavy atom.